The van der Waals surface area contributed by atoms with Crippen molar-refractivity contribution >= 4 is 16.9 Å². The molecule has 1 aliphatic heterocycles. The zero-order valence-corrected chi connectivity index (χ0v) is 14.1. The fourth-order valence-electron chi connectivity index (χ4n) is 3.45. The maximum absolute atomic E-state index is 12.3. The van der Waals surface area contributed by atoms with Crippen LogP contribution in [0.15, 0.2) is 28.7 Å². The highest BCUT2D eigenvalue weighted by atomic mass is 16.3. The Hall–Kier alpha value is -1.81. The van der Waals surface area contributed by atoms with Crippen LogP contribution in [-0.2, 0) is 0 Å². The van der Waals surface area contributed by atoms with Gasteiger partial charge >= 0.3 is 0 Å². The number of carbonyl (C=O) groups excluding carboxylic acids is 1. The van der Waals surface area contributed by atoms with Gasteiger partial charge in [-0.15, -0.1) is 0 Å². The van der Waals surface area contributed by atoms with Gasteiger partial charge in [0.2, 0.25) is 0 Å². The summed E-state index contributed by atoms with van der Waals surface area (Å²) < 4.78 is 5.70. The zero-order valence-electron chi connectivity index (χ0n) is 14.1. The van der Waals surface area contributed by atoms with Crippen molar-refractivity contribution in [3.63, 3.8) is 0 Å². The lowest BCUT2D eigenvalue weighted by Gasteiger charge is -2.33. The molecule has 1 aromatic heterocycles. The number of hydrogen-bond acceptors (Lipinski definition) is 3. The molecule has 0 aliphatic carbocycles. The summed E-state index contributed by atoms with van der Waals surface area (Å²) in [6.07, 6.45) is 4.93. The van der Waals surface area contributed by atoms with E-state index < -0.39 is 0 Å². The van der Waals surface area contributed by atoms with Crippen LogP contribution in [0.3, 0.4) is 0 Å². The van der Waals surface area contributed by atoms with Gasteiger partial charge in [-0.05, 0) is 45.7 Å². The van der Waals surface area contributed by atoms with Crippen molar-refractivity contribution < 1.29 is 9.21 Å². The Kier molecular flexibility index (Phi) is 5.01. The van der Waals surface area contributed by atoms with Gasteiger partial charge in [-0.1, -0.05) is 24.6 Å². The van der Waals surface area contributed by atoms with Crippen LogP contribution < -0.4 is 5.32 Å². The van der Waals surface area contributed by atoms with Crippen LogP contribution in [-0.4, -0.2) is 36.5 Å². The van der Waals surface area contributed by atoms with Crippen LogP contribution in [0.2, 0.25) is 0 Å². The Morgan fingerprint density at radius 1 is 1.35 bits per heavy atom. The SMILES string of the molecule is Cc1c(C(=O)NCCCN2CCCC[C@H]2C)oc2ccccc12. The van der Waals surface area contributed by atoms with Crippen molar-refractivity contribution in [2.24, 2.45) is 0 Å². The number of fused-ring (bicyclic) bond motifs is 1. The Balaban J connectivity index is 1.51. The molecule has 1 aromatic carbocycles. The van der Waals surface area contributed by atoms with E-state index in [1.54, 1.807) is 0 Å². The second kappa shape index (κ2) is 7.18. The predicted octanol–water partition coefficient (Wildman–Crippen LogP) is 3.74. The van der Waals surface area contributed by atoms with Gasteiger partial charge in [-0.3, -0.25) is 4.79 Å². The number of hydrogen-bond donors (Lipinski definition) is 1. The summed E-state index contributed by atoms with van der Waals surface area (Å²) >= 11 is 0. The molecule has 0 saturated carbocycles. The van der Waals surface area contributed by atoms with Crippen molar-refractivity contribution in [3.8, 4) is 0 Å². The first-order valence-electron chi connectivity index (χ1n) is 8.67. The number of para-hydroxylation sites is 1. The minimum Gasteiger partial charge on any atom is -0.451 e. The fraction of sp³-hybridized carbons (Fsp3) is 0.526. The molecule has 4 heteroatoms. The largest absolute Gasteiger partial charge is 0.451 e. The van der Waals surface area contributed by atoms with Crippen molar-refractivity contribution in [1.82, 2.24) is 10.2 Å². The minimum atomic E-state index is -0.106. The number of carbonyl (C=O) groups is 1. The molecule has 23 heavy (non-hydrogen) atoms. The molecular weight excluding hydrogens is 288 g/mol. The molecule has 1 N–H and O–H groups in total. The molecule has 1 fully saturated rings. The monoisotopic (exact) mass is 314 g/mol. The molecule has 0 radical (unpaired) electrons. The maximum atomic E-state index is 12.3. The number of benzene rings is 1. The van der Waals surface area contributed by atoms with Gasteiger partial charge in [-0.25, -0.2) is 0 Å². The number of piperidine rings is 1. The lowest BCUT2D eigenvalue weighted by Crippen LogP contribution is -2.39. The number of rotatable bonds is 5. The van der Waals surface area contributed by atoms with Crippen LogP contribution >= 0.6 is 0 Å². The molecule has 124 valence electrons. The average Bonchev–Trinajstić information content (AvgIpc) is 2.90. The van der Waals surface area contributed by atoms with E-state index >= 15 is 0 Å². The number of nitrogens with one attached hydrogen (secondary N) is 1. The highest BCUT2D eigenvalue weighted by Gasteiger charge is 2.19. The van der Waals surface area contributed by atoms with Crippen LogP contribution in [0.25, 0.3) is 11.0 Å². The molecule has 0 bridgehead atoms. The normalized spacial score (nSPS) is 19.1. The number of amides is 1. The molecule has 1 aliphatic rings. The smallest absolute Gasteiger partial charge is 0.287 e. The Morgan fingerprint density at radius 3 is 2.96 bits per heavy atom. The Morgan fingerprint density at radius 2 is 2.17 bits per heavy atom. The van der Waals surface area contributed by atoms with Gasteiger partial charge in [0.25, 0.3) is 5.91 Å². The minimum absolute atomic E-state index is 0.106. The maximum Gasteiger partial charge on any atom is 0.287 e. The lowest BCUT2D eigenvalue weighted by atomic mass is 10.0. The number of furan rings is 1. The summed E-state index contributed by atoms with van der Waals surface area (Å²) in [5.41, 5.74) is 1.69. The van der Waals surface area contributed by atoms with E-state index in [1.807, 2.05) is 31.2 Å². The molecule has 3 rings (SSSR count). The molecule has 0 unspecified atom stereocenters. The van der Waals surface area contributed by atoms with E-state index in [0.717, 1.165) is 29.5 Å². The molecule has 1 saturated heterocycles. The quantitative estimate of drug-likeness (QED) is 0.855. The molecule has 1 atom stereocenters. The number of aryl methyl sites for hydroxylation is 1. The third kappa shape index (κ3) is 3.58. The second-order valence-electron chi connectivity index (χ2n) is 6.54. The van der Waals surface area contributed by atoms with Crippen molar-refractivity contribution in [2.45, 2.75) is 45.6 Å². The van der Waals surface area contributed by atoms with Crippen molar-refractivity contribution in [2.75, 3.05) is 19.6 Å². The van der Waals surface area contributed by atoms with Crippen molar-refractivity contribution in [1.29, 1.82) is 0 Å². The van der Waals surface area contributed by atoms with Gasteiger partial charge in [0, 0.05) is 30.1 Å². The summed E-state index contributed by atoms with van der Waals surface area (Å²) in [6.45, 7) is 7.18. The topological polar surface area (TPSA) is 45.5 Å². The van der Waals surface area contributed by atoms with Gasteiger partial charge < -0.3 is 14.6 Å². The predicted molar refractivity (Wildman–Crippen MR) is 92.8 cm³/mol. The van der Waals surface area contributed by atoms with Crippen LogP contribution in [0.5, 0.6) is 0 Å². The highest BCUT2D eigenvalue weighted by Crippen LogP contribution is 2.24. The standard InChI is InChI=1S/C19H26N2O2/c1-14-8-5-6-12-21(14)13-7-11-20-19(22)18-15(2)16-9-3-4-10-17(16)23-18/h3-4,9-10,14H,5-8,11-13H2,1-2H3,(H,20,22)/t14-/m1/s1. The first-order valence-corrected chi connectivity index (χ1v) is 8.67. The first-order chi connectivity index (χ1) is 11.2. The Labute approximate surface area is 137 Å². The molecule has 2 aromatic rings. The van der Waals surface area contributed by atoms with Crippen LogP contribution in [0.1, 0.15) is 48.7 Å². The van der Waals surface area contributed by atoms with Crippen LogP contribution in [0, 0.1) is 6.92 Å². The van der Waals surface area contributed by atoms with Gasteiger partial charge in [0.05, 0.1) is 0 Å². The highest BCUT2D eigenvalue weighted by molar-refractivity contribution is 5.98. The zero-order chi connectivity index (χ0) is 16.2. The number of nitrogens with zero attached hydrogens (tertiary/aromatic N) is 1. The van der Waals surface area contributed by atoms with E-state index in [0.29, 0.717) is 18.3 Å². The van der Waals surface area contributed by atoms with Gasteiger partial charge in [-0.2, -0.15) is 0 Å². The third-order valence-electron chi connectivity index (χ3n) is 4.90. The van der Waals surface area contributed by atoms with E-state index in [4.69, 9.17) is 4.42 Å². The molecule has 4 nitrogen and oxygen atoms in total. The number of likely N-dealkylation sites (tertiary alicyclic amines) is 1. The van der Waals surface area contributed by atoms with E-state index in [9.17, 15) is 4.79 Å². The summed E-state index contributed by atoms with van der Waals surface area (Å²) in [4.78, 5) is 14.9. The molecule has 1 amide bonds. The van der Waals surface area contributed by atoms with E-state index in [2.05, 4.69) is 17.1 Å². The molecular formula is C19H26N2O2. The summed E-state index contributed by atoms with van der Waals surface area (Å²) in [7, 11) is 0. The van der Waals surface area contributed by atoms with E-state index in [1.165, 1.54) is 25.8 Å². The Bertz CT molecular complexity index is 677. The summed E-state index contributed by atoms with van der Waals surface area (Å²) in [5.74, 6) is 0.336. The fourth-order valence-corrected chi connectivity index (χ4v) is 3.45. The van der Waals surface area contributed by atoms with Gasteiger partial charge in [0.15, 0.2) is 5.76 Å². The molecule has 2 heterocycles. The molecule has 0 spiro atoms. The summed E-state index contributed by atoms with van der Waals surface area (Å²) in [5, 5.41) is 4.01. The average molecular weight is 314 g/mol. The lowest BCUT2D eigenvalue weighted by molar-refractivity contribution is 0.0922. The van der Waals surface area contributed by atoms with Crippen LogP contribution in [0.4, 0.5) is 0 Å². The first kappa shape index (κ1) is 16.1. The van der Waals surface area contributed by atoms with E-state index in [-0.39, 0.29) is 5.91 Å². The van der Waals surface area contributed by atoms with Gasteiger partial charge in [0.1, 0.15) is 5.58 Å². The third-order valence-corrected chi connectivity index (χ3v) is 4.90. The van der Waals surface area contributed by atoms with Crippen molar-refractivity contribution in [3.05, 3.63) is 35.6 Å². The summed E-state index contributed by atoms with van der Waals surface area (Å²) in [6, 6.07) is 8.45. The second-order valence-corrected chi connectivity index (χ2v) is 6.54.